The summed E-state index contributed by atoms with van der Waals surface area (Å²) in [5.74, 6) is 2.65. The molecule has 0 aromatic heterocycles. The monoisotopic (exact) mass is 216 g/mol. The Hall–Kier alpha value is 0.270. The molecule has 2 N–H and O–H groups in total. The molecule has 0 aromatic rings. The zero-order valence-corrected chi connectivity index (χ0v) is 10.2. The summed E-state index contributed by atoms with van der Waals surface area (Å²) < 4.78 is 0. The second kappa shape index (κ2) is 7.55. The number of thioether (sulfide) groups is 1. The average Bonchev–Trinajstić information content (AvgIpc) is 2.20. The standard InChI is InChI=1S/C11H24N2S/c1-11-10-14-9-8-13(11)7-5-3-2-4-6-12/h11H,2-10,12H2,1H3. The number of hydrogen-bond donors (Lipinski definition) is 1. The molecular formula is C11H24N2S. The summed E-state index contributed by atoms with van der Waals surface area (Å²) in [7, 11) is 0. The van der Waals surface area contributed by atoms with Crippen molar-refractivity contribution >= 4 is 11.8 Å². The van der Waals surface area contributed by atoms with Gasteiger partial charge in [-0.15, -0.1) is 0 Å². The van der Waals surface area contributed by atoms with Crippen LogP contribution < -0.4 is 5.73 Å². The molecule has 0 radical (unpaired) electrons. The molecule has 1 atom stereocenters. The first kappa shape index (κ1) is 12.3. The van der Waals surface area contributed by atoms with Crippen LogP contribution in [-0.4, -0.2) is 42.1 Å². The van der Waals surface area contributed by atoms with Crippen molar-refractivity contribution in [3.05, 3.63) is 0 Å². The van der Waals surface area contributed by atoms with Crippen LogP contribution in [0.1, 0.15) is 32.6 Å². The molecule has 14 heavy (non-hydrogen) atoms. The lowest BCUT2D eigenvalue weighted by Gasteiger charge is -2.32. The van der Waals surface area contributed by atoms with Crippen LogP contribution in [0.15, 0.2) is 0 Å². The summed E-state index contributed by atoms with van der Waals surface area (Å²) in [5.41, 5.74) is 5.46. The lowest BCUT2D eigenvalue weighted by atomic mass is 10.1. The fourth-order valence-corrected chi connectivity index (χ4v) is 2.99. The van der Waals surface area contributed by atoms with Crippen molar-refractivity contribution in [1.29, 1.82) is 0 Å². The highest BCUT2D eigenvalue weighted by Gasteiger charge is 2.17. The van der Waals surface area contributed by atoms with Gasteiger partial charge in [0.15, 0.2) is 0 Å². The molecule has 1 fully saturated rings. The normalized spacial score (nSPS) is 24.0. The van der Waals surface area contributed by atoms with Crippen LogP contribution in [0.5, 0.6) is 0 Å². The van der Waals surface area contributed by atoms with Gasteiger partial charge >= 0.3 is 0 Å². The van der Waals surface area contributed by atoms with Crippen molar-refractivity contribution in [3.8, 4) is 0 Å². The van der Waals surface area contributed by atoms with E-state index in [0.717, 1.165) is 12.6 Å². The van der Waals surface area contributed by atoms with Crippen molar-refractivity contribution in [2.75, 3.05) is 31.1 Å². The van der Waals surface area contributed by atoms with Gasteiger partial charge in [0.25, 0.3) is 0 Å². The Morgan fingerprint density at radius 2 is 2.07 bits per heavy atom. The topological polar surface area (TPSA) is 29.3 Å². The Balaban J connectivity index is 1.99. The van der Waals surface area contributed by atoms with Crippen LogP contribution in [0.25, 0.3) is 0 Å². The van der Waals surface area contributed by atoms with Crippen LogP contribution in [0.4, 0.5) is 0 Å². The summed E-state index contributed by atoms with van der Waals surface area (Å²) in [6, 6.07) is 0.795. The first-order chi connectivity index (χ1) is 6.84. The molecule has 1 heterocycles. The van der Waals surface area contributed by atoms with E-state index >= 15 is 0 Å². The molecule has 0 aliphatic carbocycles. The van der Waals surface area contributed by atoms with Gasteiger partial charge in [0.05, 0.1) is 0 Å². The Morgan fingerprint density at radius 3 is 2.79 bits per heavy atom. The van der Waals surface area contributed by atoms with Gasteiger partial charge in [-0.25, -0.2) is 0 Å². The Kier molecular flexibility index (Phi) is 6.65. The molecule has 2 nitrogen and oxygen atoms in total. The fourth-order valence-electron chi connectivity index (χ4n) is 1.91. The minimum Gasteiger partial charge on any atom is -0.330 e. The highest BCUT2D eigenvalue weighted by atomic mass is 32.2. The van der Waals surface area contributed by atoms with E-state index in [1.54, 1.807) is 0 Å². The largest absolute Gasteiger partial charge is 0.330 e. The van der Waals surface area contributed by atoms with E-state index < -0.39 is 0 Å². The molecule has 84 valence electrons. The van der Waals surface area contributed by atoms with E-state index in [1.165, 1.54) is 50.3 Å². The molecule has 0 spiro atoms. The predicted molar refractivity (Wildman–Crippen MR) is 65.9 cm³/mol. The average molecular weight is 216 g/mol. The SMILES string of the molecule is CC1CSCCN1CCCCCCN. The quantitative estimate of drug-likeness (QED) is 0.688. The number of nitrogens with two attached hydrogens (primary N) is 1. The maximum Gasteiger partial charge on any atom is 0.0158 e. The van der Waals surface area contributed by atoms with Crippen LogP contribution in [-0.2, 0) is 0 Å². The molecule has 0 bridgehead atoms. The molecule has 1 rings (SSSR count). The molecule has 0 aromatic carbocycles. The van der Waals surface area contributed by atoms with Crippen molar-refractivity contribution in [2.24, 2.45) is 5.73 Å². The minimum absolute atomic E-state index is 0.795. The smallest absolute Gasteiger partial charge is 0.0158 e. The van der Waals surface area contributed by atoms with Crippen molar-refractivity contribution in [3.63, 3.8) is 0 Å². The van der Waals surface area contributed by atoms with Crippen LogP contribution in [0, 0.1) is 0 Å². The summed E-state index contributed by atoms with van der Waals surface area (Å²) in [4.78, 5) is 2.64. The number of rotatable bonds is 6. The molecule has 3 heteroatoms. The fraction of sp³-hybridized carbons (Fsp3) is 1.00. The molecule has 1 aliphatic rings. The zero-order chi connectivity index (χ0) is 10.2. The summed E-state index contributed by atoms with van der Waals surface area (Å²) in [6.07, 6.45) is 5.22. The van der Waals surface area contributed by atoms with Crippen molar-refractivity contribution < 1.29 is 0 Å². The third-order valence-corrected chi connectivity index (χ3v) is 4.09. The van der Waals surface area contributed by atoms with Gasteiger partial charge in [-0.2, -0.15) is 11.8 Å². The predicted octanol–water partition coefficient (Wildman–Crippen LogP) is 1.94. The molecule has 0 saturated carbocycles. The highest BCUT2D eigenvalue weighted by Crippen LogP contribution is 2.16. The molecule has 0 amide bonds. The number of nitrogens with zero attached hydrogens (tertiary/aromatic N) is 1. The van der Waals surface area contributed by atoms with E-state index in [9.17, 15) is 0 Å². The second-order valence-corrected chi connectivity index (χ2v) is 5.31. The Labute approximate surface area is 92.6 Å². The molecular weight excluding hydrogens is 192 g/mol. The highest BCUT2D eigenvalue weighted by molar-refractivity contribution is 7.99. The van der Waals surface area contributed by atoms with Gasteiger partial charge in [0, 0.05) is 24.1 Å². The van der Waals surface area contributed by atoms with E-state index in [-0.39, 0.29) is 0 Å². The second-order valence-electron chi connectivity index (χ2n) is 4.16. The summed E-state index contributed by atoms with van der Waals surface area (Å²) >= 11 is 2.10. The van der Waals surface area contributed by atoms with E-state index in [4.69, 9.17) is 5.73 Å². The van der Waals surface area contributed by atoms with Crippen molar-refractivity contribution in [2.45, 2.75) is 38.6 Å². The van der Waals surface area contributed by atoms with Crippen LogP contribution >= 0.6 is 11.8 Å². The zero-order valence-electron chi connectivity index (χ0n) is 9.37. The maximum absolute atomic E-state index is 5.46. The minimum atomic E-state index is 0.795. The van der Waals surface area contributed by atoms with E-state index in [0.29, 0.717) is 0 Å². The first-order valence-corrected chi connectivity index (χ1v) is 7.02. The lowest BCUT2D eigenvalue weighted by molar-refractivity contribution is 0.227. The first-order valence-electron chi connectivity index (χ1n) is 5.86. The molecule has 1 unspecified atom stereocenters. The lowest BCUT2D eigenvalue weighted by Crippen LogP contribution is -2.40. The summed E-state index contributed by atoms with van der Waals surface area (Å²) in [5, 5.41) is 0. The van der Waals surface area contributed by atoms with Crippen LogP contribution in [0.2, 0.25) is 0 Å². The van der Waals surface area contributed by atoms with Gasteiger partial charge in [0.2, 0.25) is 0 Å². The van der Waals surface area contributed by atoms with Crippen LogP contribution in [0.3, 0.4) is 0 Å². The summed E-state index contributed by atoms with van der Waals surface area (Å²) in [6.45, 7) is 5.80. The van der Waals surface area contributed by atoms with Gasteiger partial charge in [-0.3, -0.25) is 4.90 Å². The van der Waals surface area contributed by atoms with E-state index in [1.807, 2.05) is 0 Å². The third-order valence-electron chi connectivity index (χ3n) is 2.90. The number of unbranched alkanes of at least 4 members (excludes halogenated alkanes) is 3. The Morgan fingerprint density at radius 1 is 1.29 bits per heavy atom. The molecule has 1 aliphatic heterocycles. The number of hydrogen-bond acceptors (Lipinski definition) is 3. The maximum atomic E-state index is 5.46. The molecule has 1 saturated heterocycles. The van der Waals surface area contributed by atoms with Gasteiger partial charge in [-0.05, 0) is 32.9 Å². The third kappa shape index (κ3) is 4.67. The van der Waals surface area contributed by atoms with Crippen molar-refractivity contribution in [1.82, 2.24) is 4.90 Å². The van der Waals surface area contributed by atoms with Gasteiger partial charge in [0.1, 0.15) is 0 Å². The Bertz CT molecular complexity index is 141. The van der Waals surface area contributed by atoms with E-state index in [2.05, 4.69) is 23.6 Å². The van der Waals surface area contributed by atoms with Gasteiger partial charge in [-0.1, -0.05) is 12.8 Å². The van der Waals surface area contributed by atoms with Gasteiger partial charge < -0.3 is 5.73 Å².